The van der Waals surface area contributed by atoms with Crippen LogP contribution in [0.1, 0.15) is 39.2 Å². The third-order valence-electron chi connectivity index (χ3n) is 5.93. The van der Waals surface area contributed by atoms with Gasteiger partial charge in [-0.15, -0.1) is 0 Å². The van der Waals surface area contributed by atoms with E-state index in [2.05, 4.69) is 0 Å². The standard InChI is InChI=1S/C30H32O7/c1-4-30(3,29(33)37-25-14-10-22(11-15-25)12-17-27(31)34-5-2)21-28(32)36-19-18-35-26-16-13-23-8-6-7-9-24(23)20-26/h6-17,20H,4-5,18-19,21H2,1-3H3/b17-12+. The van der Waals surface area contributed by atoms with Crippen molar-refractivity contribution < 1.29 is 33.3 Å². The third-order valence-corrected chi connectivity index (χ3v) is 5.93. The molecule has 0 saturated heterocycles. The quantitative estimate of drug-likeness (QED) is 0.134. The predicted molar refractivity (Wildman–Crippen MR) is 141 cm³/mol. The van der Waals surface area contributed by atoms with Gasteiger partial charge < -0.3 is 18.9 Å². The highest BCUT2D eigenvalue weighted by Gasteiger charge is 2.36. The molecule has 3 aromatic rings. The molecule has 0 radical (unpaired) electrons. The van der Waals surface area contributed by atoms with Gasteiger partial charge in [0.25, 0.3) is 0 Å². The van der Waals surface area contributed by atoms with Crippen molar-refractivity contribution in [1.82, 2.24) is 0 Å². The molecule has 0 bridgehead atoms. The van der Waals surface area contributed by atoms with E-state index in [-0.39, 0.29) is 19.6 Å². The smallest absolute Gasteiger partial charge is 0.330 e. The zero-order chi connectivity index (χ0) is 26.7. The Kier molecular flexibility index (Phi) is 9.84. The molecule has 0 N–H and O–H groups in total. The van der Waals surface area contributed by atoms with Crippen LogP contribution in [0, 0.1) is 5.41 Å². The fourth-order valence-corrected chi connectivity index (χ4v) is 3.52. The minimum Gasteiger partial charge on any atom is -0.490 e. The normalized spacial score (nSPS) is 12.6. The summed E-state index contributed by atoms with van der Waals surface area (Å²) in [6, 6.07) is 20.4. The number of hydrogen-bond donors (Lipinski definition) is 0. The van der Waals surface area contributed by atoms with Crippen molar-refractivity contribution in [2.24, 2.45) is 5.41 Å². The van der Waals surface area contributed by atoms with Crippen LogP contribution in [0.25, 0.3) is 16.8 Å². The monoisotopic (exact) mass is 504 g/mol. The number of carbonyl (C=O) groups excluding carboxylic acids is 3. The molecule has 7 nitrogen and oxygen atoms in total. The zero-order valence-electron chi connectivity index (χ0n) is 21.4. The van der Waals surface area contributed by atoms with Crippen LogP contribution in [0.5, 0.6) is 11.5 Å². The molecule has 1 unspecified atom stereocenters. The van der Waals surface area contributed by atoms with Crippen LogP contribution in [0.3, 0.4) is 0 Å². The van der Waals surface area contributed by atoms with Gasteiger partial charge in [-0.2, -0.15) is 0 Å². The molecular formula is C30H32O7. The summed E-state index contributed by atoms with van der Waals surface area (Å²) in [6.45, 7) is 5.82. The van der Waals surface area contributed by atoms with Crippen molar-refractivity contribution in [3.63, 3.8) is 0 Å². The topological polar surface area (TPSA) is 88.1 Å². The van der Waals surface area contributed by atoms with E-state index in [9.17, 15) is 14.4 Å². The van der Waals surface area contributed by atoms with Crippen molar-refractivity contribution in [1.29, 1.82) is 0 Å². The molecule has 0 aliphatic heterocycles. The number of esters is 3. The number of ether oxygens (including phenoxy) is 4. The van der Waals surface area contributed by atoms with Gasteiger partial charge in [-0.3, -0.25) is 9.59 Å². The number of fused-ring (bicyclic) bond motifs is 1. The second kappa shape index (κ2) is 13.3. The summed E-state index contributed by atoms with van der Waals surface area (Å²) >= 11 is 0. The second-order valence-electron chi connectivity index (χ2n) is 8.71. The summed E-state index contributed by atoms with van der Waals surface area (Å²) in [5.74, 6) is -0.407. The summed E-state index contributed by atoms with van der Waals surface area (Å²) in [5.41, 5.74) is -0.292. The zero-order valence-corrected chi connectivity index (χ0v) is 21.4. The van der Waals surface area contributed by atoms with Gasteiger partial charge in [0, 0.05) is 6.08 Å². The maximum absolute atomic E-state index is 12.9. The van der Waals surface area contributed by atoms with Gasteiger partial charge in [0.15, 0.2) is 0 Å². The van der Waals surface area contributed by atoms with Crippen molar-refractivity contribution in [3.05, 3.63) is 78.4 Å². The minimum absolute atomic E-state index is 0.0707. The van der Waals surface area contributed by atoms with Gasteiger partial charge in [0.05, 0.1) is 18.4 Å². The molecular weight excluding hydrogens is 472 g/mol. The molecule has 0 aliphatic carbocycles. The Morgan fingerprint density at radius 3 is 2.24 bits per heavy atom. The van der Waals surface area contributed by atoms with Crippen molar-refractivity contribution in [2.45, 2.75) is 33.6 Å². The highest BCUT2D eigenvalue weighted by molar-refractivity contribution is 5.87. The Morgan fingerprint density at radius 1 is 0.838 bits per heavy atom. The first-order valence-corrected chi connectivity index (χ1v) is 12.3. The maximum atomic E-state index is 12.9. The Bertz CT molecular complexity index is 1250. The number of benzene rings is 3. The van der Waals surface area contributed by atoms with E-state index in [0.29, 0.717) is 24.5 Å². The SMILES string of the molecule is CCOC(=O)/C=C/c1ccc(OC(=O)C(C)(CC)CC(=O)OCCOc2ccc3ccccc3c2)cc1. The van der Waals surface area contributed by atoms with Crippen LogP contribution in [0.15, 0.2) is 72.8 Å². The predicted octanol–water partition coefficient (Wildman–Crippen LogP) is 5.75. The molecule has 0 fully saturated rings. The lowest BCUT2D eigenvalue weighted by Crippen LogP contribution is -2.34. The lowest BCUT2D eigenvalue weighted by atomic mass is 9.84. The van der Waals surface area contributed by atoms with Crippen LogP contribution in [-0.2, 0) is 23.9 Å². The average Bonchev–Trinajstić information content (AvgIpc) is 2.90. The molecule has 0 spiro atoms. The highest BCUT2D eigenvalue weighted by Crippen LogP contribution is 2.29. The third kappa shape index (κ3) is 8.20. The van der Waals surface area contributed by atoms with E-state index in [1.165, 1.54) is 6.08 Å². The first-order valence-electron chi connectivity index (χ1n) is 12.3. The van der Waals surface area contributed by atoms with Crippen LogP contribution in [0.4, 0.5) is 0 Å². The van der Waals surface area contributed by atoms with E-state index in [4.69, 9.17) is 18.9 Å². The van der Waals surface area contributed by atoms with Crippen LogP contribution >= 0.6 is 0 Å². The van der Waals surface area contributed by atoms with Gasteiger partial charge in [-0.25, -0.2) is 4.79 Å². The Labute approximate surface area is 217 Å². The average molecular weight is 505 g/mol. The Hall–Kier alpha value is -4.13. The van der Waals surface area contributed by atoms with Crippen LogP contribution < -0.4 is 9.47 Å². The first kappa shape index (κ1) is 27.5. The van der Waals surface area contributed by atoms with Gasteiger partial charge in [0.2, 0.25) is 0 Å². The summed E-state index contributed by atoms with van der Waals surface area (Å²) in [7, 11) is 0. The number of hydrogen-bond acceptors (Lipinski definition) is 7. The molecule has 1 atom stereocenters. The molecule has 194 valence electrons. The molecule has 0 saturated carbocycles. The molecule has 0 aliphatic rings. The number of rotatable bonds is 12. The lowest BCUT2D eigenvalue weighted by Gasteiger charge is -2.24. The fourth-order valence-electron chi connectivity index (χ4n) is 3.52. The van der Waals surface area contributed by atoms with Crippen molar-refractivity contribution in [3.8, 4) is 11.5 Å². The fraction of sp³-hybridized carbons (Fsp3) is 0.300. The highest BCUT2D eigenvalue weighted by atomic mass is 16.6. The van der Waals surface area contributed by atoms with E-state index < -0.39 is 23.3 Å². The molecule has 0 amide bonds. The van der Waals surface area contributed by atoms with E-state index in [1.54, 1.807) is 44.2 Å². The van der Waals surface area contributed by atoms with Gasteiger partial charge in [-0.1, -0.05) is 49.4 Å². The van der Waals surface area contributed by atoms with E-state index in [1.807, 2.05) is 49.4 Å². The van der Waals surface area contributed by atoms with Gasteiger partial charge in [0.1, 0.15) is 24.7 Å². The van der Waals surface area contributed by atoms with Crippen molar-refractivity contribution in [2.75, 3.05) is 19.8 Å². The van der Waals surface area contributed by atoms with E-state index in [0.717, 1.165) is 16.3 Å². The Morgan fingerprint density at radius 2 is 1.54 bits per heavy atom. The van der Waals surface area contributed by atoms with Crippen molar-refractivity contribution >= 4 is 34.8 Å². The summed E-state index contributed by atoms with van der Waals surface area (Å²) in [4.78, 5) is 36.7. The second-order valence-corrected chi connectivity index (χ2v) is 8.71. The summed E-state index contributed by atoms with van der Waals surface area (Å²) < 4.78 is 21.4. The largest absolute Gasteiger partial charge is 0.490 e. The molecule has 37 heavy (non-hydrogen) atoms. The molecule has 0 heterocycles. The van der Waals surface area contributed by atoms with Crippen LogP contribution in [-0.4, -0.2) is 37.7 Å². The lowest BCUT2D eigenvalue weighted by molar-refractivity contribution is -0.156. The van der Waals surface area contributed by atoms with Gasteiger partial charge >= 0.3 is 17.9 Å². The van der Waals surface area contributed by atoms with E-state index >= 15 is 0 Å². The number of carbonyl (C=O) groups is 3. The van der Waals surface area contributed by atoms with Gasteiger partial charge in [-0.05, 0) is 66.9 Å². The first-order chi connectivity index (χ1) is 17.8. The summed E-state index contributed by atoms with van der Waals surface area (Å²) in [5, 5.41) is 2.19. The molecule has 7 heteroatoms. The molecule has 0 aromatic heterocycles. The van der Waals surface area contributed by atoms with Crippen LogP contribution in [0.2, 0.25) is 0 Å². The molecule has 3 aromatic carbocycles. The summed E-state index contributed by atoms with van der Waals surface area (Å²) in [6.07, 6.45) is 3.23. The minimum atomic E-state index is -1.04. The maximum Gasteiger partial charge on any atom is 0.330 e. The Balaban J connectivity index is 1.46. The molecule has 3 rings (SSSR count).